The molecule has 5 heteroatoms. The van der Waals surface area contributed by atoms with Gasteiger partial charge in [0.25, 0.3) is 5.91 Å². The molecule has 1 aromatic rings. The predicted molar refractivity (Wildman–Crippen MR) is 71.8 cm³/mol. The third kappa shape index (κ3) is 3.09. The van der Waals surface area contributed by atoms with Crippen molar-refractivity contribution in [1.82, 2.24) is 5.32 Å². The van der Waals surface area contributed by atoms with Crippen molar-refractivity contribution in [3.05, 3.63) is 34.1 Å². The molecule has 0 aliphatic heterocycles. The van der Waals surface area contributed by atoms with Crippen LogP contribution in [0.5, 0.6) is 0 Å². The Labute approximate surface area is 114 Å². The summed E-state index contributed by atoms with van der Waals surface area (Å²) in [5.74, 6) is -0.572. The van der Waals surface area contributed by atoms with E-state index >= 15 is 0 Å². The maximum Gasteiger partial charge on any atom is 0.252 e. The van der Waals surface area contributed by atoms with Crippen LogP contribution in [0.25, 0.3) is 0 Å². The lowest BCUT2D eigenvalue weighted by Gasteiger charge is -2.29. The van der Waals surface area contributed by atoms with Gasteiger partial charge in [-0.2, -0.15) is 0 Å². The molecule has 1 saturated carbocycles. The van der Waals surface area contributed by atoms with Gasteiger partial charge < -0.3 is 11.1 Å². The van der Waals surface area contributed by atoms with Crippen LogP contribution in [0.2, 0.25) is 0 Å². The van der Waals surface area contributed by atoms with Crippen molar-refractivity contribution >= 4 is 21.8 Å². The Bertz CT molecular complexity index is 453. The normalized spacial score (nSPS) is 23.7. The molecule has 0 heterocycles. The van der Waals surface area contributed by atoms with Crippen LogP contribution in [0, 0.1) is 5.82 Å². The van der Waals surface area contributed by atoms with Gasteiger partial charge in [0.1, 0.15) is 5.82 Å². The molecule has 0 radical (unpaired) electrons. The summed E-state index contributed by atoms with van der Waals surface area (Å²) >= 11 is 3.20. The highest BCUT2D eigenvalue weighted by Crippen LogP contribution is 2.20. The van der Waals surface area contributed by atoms with Crippen molar-refractivity contribution in [3.63, 3.8) is 0 Å². The predicted octanol–water partition coefficient (Wildman–Crippen LogP) is 2.59. The summed E-state index contributed by atoms with van der Waals surface area (Å²) < 4.78 is 13.4. The van der Waals surface area contributed by atoms with Crippen molar-refractivity contribution < 1.29 is 9.18 Å². The van der Waals surface area contributed by atoms with Crippen molar-refractivity contribution in [3.8, 4) is 0 Å². The van der Waals surface area contributed by atoms with Crippen LogP contribution in [0.15, 0.2) is 22.7 Å². The number of amides is 1. The average Bonchev–Trinajstić information content (AvgIpc) is 2.32. The molecule has 1 aliphatic carbocycles. The number of nitrogens with two attached hydrogens (primary N) is 1. The Morgan fingerprint density at radius 2 is 2.11 bits per heavy atom. The highest BCUT2D eigenvalue weighted by molar-refractivity contribution is 9.10. The zero-order chi connectivity index (χ0) is 13.1. The van der Waals surface area contributed by atoms with E-state index in [4.69, 9.17) is 5.73 Å². The molecule has 3 nitrogen and oxygen atoms in total. The summed E-state index contributed by atoms with van der Waals surface area (Å²) in [6, 6.07) is 4.07. The molecular formula is C13H16BrFN2O. The number of carbonyl (C=O) groups excluding carboxylic acids is 1. The van der Waals surface area contributed by atoms with Crippen molar-refractivity contribution in [2.75, 3.05) is 0 Å². The lowest BCUT2D eigenvalue weighted by atomic mass is 9.91. The first kappa shape index (κ1) is 13.5. The first-order valence-electron chi connectivity index (χ1n) is 6.09. The van der Waals surface area contributed by atoms with Gasteiger partial charge >= 0.3 is 0 Å². The molecule has 0 bridgehead atoms. The summed E-state index contributed by atoms with van der Waals surface area (Å²) in [6.45, 7) is 0. The number of hydrogen-bond donors (Lipinski definition) is 2. The minimum Gasteiger partial charge on any atom is -0.348 e. The van der Waals surface area contributed by atoms with Gasteiger partial charge in [0.05, 0.1) is 5.56 Å². The second-order valence-corrected chi connectivity index (χ2v) is 5.51. The number of halogens is 2. The SMILES string of the molecule is NC1CCCCC1NC(=O)c1ccc(F)cc1Br. The van der Waals surface area contributed by atoms with E-state index in [0.717, 1.165) is 25.7 Å². The third-order valence-corrected chi connectivity index (χ3v) is 3.97. The molecule has 98 valence electrons. The van der Waals surface area contributed by atoms with Gasteiger partial charge in [0.2, 0.25) is 0 Å². The fraction of sp³-hybridized carbons (Fsp3) is 0.462. The maximum absolute atomic E-state index is 12.9. The van der Waals surface area contributed by atoms with Crippen LogP contribution in [-0.2, 0) is 0 Å². The fourth-order valence-corrected chi connectivity index (χ4v) is 2.79. The monoisotopic (exact) mass is 314 g/mol. The lowest BCUT2D eigenvalue weighted by molar-refractivity contribution is 0.0920. The highest BCUT2D eigenvalue weighted by Gasteiger charge is 2.24. The summed E-state index contributed by atoms with van der Waals surface area (Å²) in [4.78, 5) is 12.1. The smallest absolute Gasteiger partial charge is 0.252 e. The summed E-state index contributed by atoms with van der Waals surface area (Å²) in [5, 5.41) is 2.93. The number of hydrogen-bond acceptors (Lipinski definition) is 2. The van der Waals surface area contributed by atoms with Gasteiger partial charge in [-0.15, -0.1) is 0 Å². The first-order chi connectivity index (χ1) is 8.58. The van der Waals surface area contributed by atoms with Crippen molar-refractivity contribution in [1.29, 1.82) is 0 Å². The molecule has 2 rings (SSSR count). The molecular weight excluding hydrogens is 299 g/mol. The lowest BCUT2D eigenvalue weighted by Crippen LogP contribution is -2.49. The van der Waals surface area contributed by atoms with Crippen molar-refractivity contribution in [2.24, 2.45) is 5.73 Å². The largest absolute Gasteiger partial charge is 0.348 e. The van der Waals surface area contributed by atoms with Gasteiger partial charge in [-0.1, -0.05) is 12.8 Å². The van der Waals surface area contributed by atoms with Crippen LogP contribution in [0.1, 0.15) is 36.0 Å². The molecule has 1 aromatic carbocycles. The summed E-state index contributed by atoms with van der Waals surface area (Å²) in [5.41, 5.74) is 6.42. The van der Waals surface area contributed by atoms with E-state index in [0.29, 0.717) is 10.0 Å². The van der Waals surface area contributed by atoms with Gasteiger partial charge in [-0.25, -0.2) is 4.39 Å². The van der Waals surface area contributed by atoms with Crippen LogP contribution < -0.4 is 11.1 Å². The zero-order valence-electron chi connectivity index (χ0n) is 9.96. The van der Waals surface area contributed by atoms with Crippen LogP contribution in [-0.4, -0.2) is 18.0 Å². The van der Waals surface area contributed by atoms with Gasteiger partial charge in [-0.05, 0) is 47.0 Å². The van der Waals surface area contributed by atoms with E-state index in [1.165, 1.54) is 18.2 Å². The molecule has 0 aromatic heterocycles. The van der Waals surface area contributed by atoms with E-state index in [1.807, 2.05) is 0 Å². The van der Waals surface area contributed by atoms with E-state index in [-0.39, 0.29) is 23.8 Å². The minimum absolute atomic E-state index is 0.0157. The van der Waals surface area contributed by atoms with Gasteiger partial charge in [0, 0.05) is 16.6 Å². The highest BCUT2D eigenvalue weighted by atomic mass is 79.9. The molecule has 3 N–H and O–H groups in total. The van der Waals surface area contributed by atoms with E-state index < -0.39 is 0 Å². The molecule has 1 aliphatic rings. The van der Waals surface area contributed by atoms with E-state index in [1.54, 1.807) is 0 Å². The first-order valence-corrected chi connectivity index (χ1v) is 6.88. The Morgan fingerprint density at radius 3 is 2.78 bits per heavy atom. The number of nitrogens with one attached hydrogen (secondary N) is 1. The topological polar surface area (TPSA) is 55.1 Å². The molecule has 2 atom stereocenters. The number of carbonyl (C=O) groups is 1. The summed E-state index contributed by atoms with van der Waals surface area (Å²) in [6.07, 6.45) is 4.05. The number of benzene rings is 1. The Kier molecular flexibility index (Phi) is 4.35. The molecule has 0 spiro atoms. The minimum atomic E-state index is -0.368. The number of rotatable bonds is 2. The maximum atomic E-state index is 12.9. The van der Waals surface area contributed by atoms with Gasteiger partial charge in [-0.3, -0.25) is 4.79 Å². The van der Waals surface area contributed by atoms with E-state index in [9.17, 15) is 9.18 Å². The zero-order valence-corrected chi connectivity index (χ0v) is 11.5. The second kappa shape index (κ2) is 5.80. The standard InChI is InChI=1S/C13H16BrFN2O/c14-10-7-8(15)5-6-9(10)13(18)17-12-4-2-1-3-11(12)16/h5-7,11-12H,1-4,16H2,(H,17,18). The third-order valence-electron chi connectivity index (χ3n) is 3.31. The Hall–Kier alpha value is -0.940. The molecule has 1 fully saturated rings. The second-order valence-electron chi connectivity index (χ2n) is 4.65. The van der Waals surface area contributed by atoms with Crippen LogP contribution in [0.3, 0.4) is 0 Å². The quantitative estimate of drug-likeness (QED) is 0.881. The Morgan fingerprint density at radius 1 is 1.39 bits per heavy atom. The molecule has 0 saturated heterocycles. The molecule has 2 unspecified atom stereocenters. The molecule has 18 heavy (non-hydrogen) atoms. The van der Waals surface area contributed by atoms with E-state index in [2.05, 4.69) is 21.2 Å². The van der Waals surface area contributed by atoms with Crippen molar-refractivity contribution in [2.45, 2.75) is 37.8 Å². The van der Waals surface area contributed by atoms with Crippen LogP contribution >= 0.6 is 15.9 Å². The average molecular weight is 315 g/mol. The fourth-order valence-electron chi connectivity index (χ4n) is 2.26. The summed E-state index contributed by atoms with van der Waals surface area (Å²) in [7, 11) is 0. The molecule has 1 amide bonds. The van der Waals surface area contributed by atoms with Gasteiger partial charge in [0.15, 0.2) is 0 Å². The van der Waals surface area contributed by atoms with Crippen LogP contribution in [0.4, 0.5) is 4.39 Å². The Balaban J connectivity index is 2.07.